The number of anilines is 1. The van der Waals surface area contributed by atoms with Gasteiger partial charge < -0.3 is 15.2 Å². The van der Waals surface area contributed by atoms with Crippen molar-refractivity contribution in [2.75, 3.05) is 18.5 Å². The molecule has 9 heteroatoms. The molecule has 39 heavy (non-hydrogen) atoms. The predicted molar refractivity (Wildman–Crippen MR) is 148 cm³/mol. The Morgan fingerprint density at radius 3 is 2.49 bits per heavy atom. The lowest BCUT2D eigenvalue weighted by atomic mass is 10.0. The minimum absolute atomic E-state index is 0.199. The summed E-state index contributed by atoms with van der Waals surface area (Å²) in [6.07, 6.45) is 0. The number of H-pyrrole nitrogens is 1. The number of ether oxygens (including phenoxy) is 1. The summed E-state index contributed by atoms with van der Waals surface area (Å²) in [5, 5.41) is 25.5. The van der Waals surface area contributed by atoms with Crippen LogP contribution in [0.15, 0.2) is 95.8 Å². The molecule has 0 bridgehead atoms. The summed E-state index contributed by atoms with van der Waals surface area (Å²) in [6, 6.07) is 25.8. The predicted octanol–water partition coefficient (Wildman–Crippen LogP) is 4.73. The first-order valence-electron chi connectivity index (χ1n) is 12.5. The smallest absolute Gasteiger partial charge is 0.271 e. The van der Waals surface area contributed by atoms with Gasteiger partial charge in [0.2, 0.25) is 0 Å². The summed E-state index contributed by atoms with van der Waals surface area (Å²) >= 11 is 0. The fourth-order valence-electron chi connectivity index (χ4n) is 4.27. The Morgan fingerprint density at radius 1 is 1.00 bits per heavy atom. The average Bonchev–Trinajstić information content (AvgIpc) is 3.37. The van der Waals surface area contributed by atoms with Gasteiger partial charge in [0.15, 0.2) is 0 Å². The van der Waals surface area contributed by atoms with Crippen LogP contribution in [-0.2, 0) is 11.3 Å². The van der Waals surface area contributed by atoms with Crippen molar-refractivity contribution in [1.29, 1.82) is 0 Å². The van der Waals surface area contributed by atoms with Crippen molar-refractivity contribution >= 4 is 5.82 Å². The van der Waals surface area contributed by atoms with Crippen LogP contribution in [0.4, 0.5) is 10.2 Å². The van der Waals surface area contributed by atoms with Gasteiger partial charge in [0, 0.05) is 11.6 Å². The summed E-state index contributed by atoms with van der Waals surface area (Å²) in [5.41, 5.74) is 4.52. The molecule has 0 amide bonds. The SMILES string of the molecule is Cc1ccccc1-n1nc(-c2c(-c3ccc(F)cc3)n[nH]c2N[C@H](CO)COCc2ccccc2)ccc1=O. The lowest BCUT2D eigenvalue weighted by molar-refractivity contribution is 0.0950. The number of aromatic amines is 1. The van der Waals surface area contributed by atoms with E-state index in [1.165, 1.54) is 22.9 Å². The van der Waals surface area contributed by atoms with Crippen LogP contribution < -0.4 is 10.9 Å². The number of halogens is 1. The zero-order valence-electron chi connectivity index (χ0n) is 21.3. The third-order valence-corrected chi connectivity index (χ3v) is 6.28. The van der Waals surface area contributed by atoms with E-state index in [9.17, 15) is 14.3 Å². The standard InChI is InChI=1S/C30H28FN5O3/c1-20-7-5-6-10-26(20)36-27(38)16-15-25(35-36)28-29(22-11-13-23(31)14-12-22)33-34-30(28)32-24(17-37)19-39-18-21-8-3-2-4-9-21/h2-16,24,37H,17-19H2,1H3,(H2,32,33,34)/t24-/m1/s1. The number of para-hydroxylation sites is 1. The Hall–Kier alpha value is -4.60. The largest absolute Gasteiger partial charge is 0.394 e. The molecule has 198 valence electrons. The molecule has 0 spiro atoms. The fraction of sp³-hybridized carbons (Fsp3) is 0.167. The van der Waals surface area contributed by atoms with Crippen molar-refractivity contribution < 1.29 is 14.2 Å². The molecule has 1 atom stereocenters. The Bertz CT molecular complexity index is 1600. The van der Waals surface area contributed by atoms with Gasteiger partial charge in [0.1, 0.15) is 17.3 Å². The molecular formula is C30H28FN5O3. The fourth-order valence-corrected chi connectivity index (χ4v) is 4.27. The molecule has 8 nitrogen and oxygen atoms in total. The van der Waals surface area contributed by atoms with Gasteiger partial charge in [-0.15, -0.1) is 0 Å². The highest BCUT2D eigenvalue weighted by atomic mass is 19.1. The highest BCUT2D eigenvalue weighted by Gasteiger charge is 2.22. The van der Waals surface area contributed by atoms with E-state index in [0.29, 0.717) is 40.6 Å². The van der Waals surface area contributed by atoms with Crippen molar-refractivity contribution in [3.63, 3.8) is 0 Å². The molecule has 0 fully saturated rings. The van der Waals surface area contributed by atoms with Crippen LogP contribution in [0.5, 0.6) is 0 Å². The molecule has 0 unspecified atom stereocenters. The van der Waals surface area contributed by atoms with Crippen LogP contribution in [0, 0.1) is 12.7 Å². The molecule has 0 saturated carbocycles. The second-order valence-electron chi connectivity index (χ2n) is 9.11. The number of aromatic nitrogens is 4. The average molecular weight is 526 g/mol. The number of aliphatic hydroxyl groups is 1. The molecule has 0 aliphatic carbocycles. The Morgan fingerprint density at radius 2 is 1.74 bits per heavy atom. The normalized spacial score (nSPS) is 11.9. The molecule has 2 aromatic heterocycles. The molecule has 0 radical (unpaired) electrons. The van der Waals surface area contributed by atoms with Crippen molar-refractivity contribution in [1.82, 2.24) is 20.0 Å². The van der Waals surface area contributed by atoms with E-state index in [2.05, 4.69) is 20.6 Å². The number of nitrogens with one attached hydrogen (secondary N) is 2. The van der Waals surface area contributed by atoms with Gasteiger partial charge in [-0.25, -0.2) is 4.39 Å². The number of aliphatic hydroxyl groups excluding tert-OH is 1. The Labute approximate surface area is 224 Å². The summed E-state index contributed by atoms with van der Waals surface area (Å²) in [4.78, 5) is 12.8. The quantitative estimate of drug-likeness (QED) is 0.244. The molecule has 0 saturated heterocycles. The van der Waals surface area contributed by atoms with Gasteiger partial charge in [-0.2, -0.15) is 14.9 Å². The Balaban J connectivity index is 1.51. The maximum atomic E-state index is 13.7. The minimum atomic E-state index is -0.462. The summed E-state index contributed by atoms with van der Waals surface area (Å²) in [6.45, 7) is 2.34. The first kappa shape index (κ1) is 26.0. The zero-order valence-corrected chi connectivity index (χ0v) is 21.3. The van der Waals surface area contributed by atoms with Crippen molar-refractivity contribution in [2.45, 2.75) is 19.6 Å². The van der Waals surface area contributed by atoms with Crippen LogP contribution in [0.2, 0.25) is 0 Å². The zero-order chi connectivity index (χ0) is 27.2. The maximum absolute atomic E-state index is 13.7. The van der Waals surface area contributed by atoms with Crippen molar-refractivity contribution in [2.24, 2.45) is 0 Å². The highest BCUT2D eigenvalue weighted by Crippen LogP contribution is 2.35. The molecule has 5 rings (SSSR count). The molecule has 3 aromatic carbocycles. The third kappa shape index (κ3) is 5.95. The Kier molecular flexibility index (Phi) is 7.91. The molecule has 0 aliphatic heterocycles. The minimum Gasteiger partial charge on any atom is -0.394 e. The van der Waals surface area contributed by atoms with Gasteiger partial charge in [0.25, 0.3) is 5.56 Å². The maximum Gasteiger partial charge on any atom is 0.271 e. The number of rotatable bonds is 10. The van der Waals surface area contributed by atoms with Crippen molar-refractivity contribution in [3.05, 3.63) is 118 Å². The first-order chi connectivity index (χ1) is 19.0. The van der Waals surface area contributed by atoms with E-state index in [0.717, 1.165) is 11.1 Å². The molecule has 5 aromatic rings. The lowest BCUT2D eigenvalue weighted by Gasteiger charge is -2.18. The van der Waals surface area contributed by atoms with Crippen LogP contribution in [0.1, 0.15) is 11.1 Å². The van der Waals surface area contributed by atoms with Crippen molar-refractivity contribution in [3.8, 4) is 28.2 Å². The van der Waals surface area contributed by atoms with E-state index in [-0.39, 0.29) is 24.6 Å². The van der Waals surface area contributed by atoms with Gasteiger partial charge >= 0.3 is 0 Å². The molecule has 2 heterocycles. The summed E-state index contributed by atoms with van der Waals surface area (Å²) < 4.78 is 20.9. The monoisotopic (exact) mass is 525 g/mol. The highest BCUT2D eigenvalue weighted by molar-refractivity contribution is 5.87. The van der Waals surface area contributed by atoms with E-state index in [1.807, 2.05) is 61.5 Å². The van der Waals surface area contributed by atoms with E-state index in [4.69, 9.17) is 4.74 Å². The number of hydrogen-bond acceptors (Lipinski definition) is 6. The molecule has 3 N–H and O–H groups in total. The van der Waals surface area contributed by atoms with Gasteiger partial charge in [0.05, 0.1) is 42.8 Å². The van der Waals surface area contributed by atoms with Crippen LogP contribution in [0.25, 0.3) is 28.2 Å². The number of hydrogen-bond donors (Lipinski definition) is 3. The summed E-state index contributed by atoms with van der Waals surface area (Å²) in [7, 11) is 0. The molecular weight excluding hydrogens is 497 g/mol. The van der Waals surface area contributed by atoms with E-state index in [1.54, 1.807) is 18.2 Å². The van der Waals surface area contributed by atoms with Gasteiger partial charge in [-0.05, 0) is 54.4 Å². The van der Waals surface area contributed by atoms with Crippen LogP contribution >= 0.6 is 0 Å². The number of nitrogens with zero attached hydrogens (tertiary/aromatic N) is 3. The topological polar surface area (TPSA) is 105 Å². The second-order valence-corrected chi connectivity index (χ2v) is 9.11. The van der Waals surface area contributed by atoms with Gasteiger partial charge in [-0.1, -0.05) is 48.5 Å². The number of benzene rings is 3. The number of aryl methyl sites for hydroxylation is 1. The van der Waals surface area contributed by atoms with E-state index < -0.39 is 6.04 Å². The summed E-state index contributed by atoms with van der Waals surface area (Å²) in [5.74, 6) is 0.121. The lowest BCUT2D eigenvalue weighted by Crippen LogP contribution is -2.29. The molecule has 0 aliphatic rings. The second kappa shape index (κ2) is 11.8. The third-order valence-electron chi connectivity index (χ3n) is 6.28. The van der Waals surface area contributed by atoms with Crippen LogP contribution in [0.3, 0.4) is 0 Å². The van der Waals surface area contributed by atoms with E-state index >= 15 is 0 Å². The van der Waals surface area contributed by atoms with Gasteiger partial charge in [-0.3, -0.25) is 9.89 Å². The first-order valence-corrected chi connectivity index (χ1v) is 12.5. The van der Waals surface area contributed by atoms with Crippen LogP contribution in [-0.4, -0.2) is 44.3 Å².